The van der Waals surface area contributed by atoms with Gasteiger partial charge in [0.05, 0.1) is 0 Å². The molecule has 0 amide bonds. The highest BCUT2D eigenvalue weighted by Gasteiger charge is 1.96. The second-order valence-electron chi connectivity index (χ2n) is 3.55. The number of nitrogens with zero attached hydrogens (tertiary/aromatic N) is 2. The highest BCUT2D eigenvalue weighted by molar-refractivity contribution is 7.98. The molecule has 15 heavy (non-hydrogen) atoms. The van der Waals surface area contributed by atoms with Crippen molar-refractivity contribution in [2.75, 3.05) is 31.8 Å². The smallest absolute Gasteiger partial charge is 0.139 e. The lowest BCUT2D eigenvalue weighted by Gasteiger charge is -2.08. The van der Waals surface area contributed by atoms with E-state index < -0.39 is 0 Å². The lowest BCUT2D eigenvalue weighted by Crippen LogP contribution is -2.14. The average Bonchev–Trinajstić information content (AvgIpc) is 2.25. The third-order valence-corrected chi connectivity index (χ3v) is 2.93. The SMILES string of the molecule is CN(C)CCSCc1ccc(NN)nc1. The first-order chi connectivity index (χ1) is 7.22. The van der Waals surface area contributed by atoms with E-state index in [1.807, 2.05) is 30.1 Å². The number of aromatic nitrogens is 1. The average molecular weight is 226 g/mol. The molecule has 0 fully saturated rings. The van der Waals surface area contributed by atoms with Crippen molar-refractivity contribution in [3.8, 4) is 0 Å². The second kappa shape index (κ2) is 6.66. The summed E-state index contributed by atoms with van der Waals surface area (Å²) in [7, 11) is 4.17. The van der Waals surface area contributed by atoms with Crippen LogP contribution in [0, 0.1) is 0 Å². The van der Waals surface area contributed by atoms with Crippen molar-refractivity contribution >= 4 is 17.6 Å². The highest BCUT2D eigenvalue weighted by Crippen LogP contribution is 2.12. The van der Waals surface area contributed by atoms with Gasteiger partial charge in [-0.25, -0.2) is 10.8 Å². The maximum absolute atomic E-state index is 5.23. The topological polar surface area (TPSA) is 54.2 Å². The number of nitrogen functional groups attached to an aromatic ring is 1. The van der Waals surface area contributed by atoms with Crippen molar-refractivity contribution in [2.24, 2.45) is 5.84 Å². The summed E-state index contributed by atoms with van der Waals surface area (Å²) in [6.07, 6.45) is 1.86. The number of hydrazine groups is 1. The van der Waals surface area contributed by atoms with Crippen LogP contribution in [0.3, 0.4) is 0 Å². The molecule has 0 aromatic carbocycles. The van der Waals surface area contributed by atoms with Crippen LogP contribution >= 0.6 is 11.8 Å². The summed E-state index contributed by atoms with van der Waals surface area (Å²) in [5.74, 6) is 8.09. The molecule has 1 rings (SSSR count). The summed E-state index contributed by atoms with van der Waals surface area (Å²) < 4.78 is 0. The Hall–Kier alpha value is -0.780. The Morgan fingerprint density at radius 1 is 1.47 bits per heavy atom. The van der Waals surface area contributed by atoms with Gasteiger partial charge in [-0.15, -0.1) is 0 Å². The Morgan fingerprint density at radius 3 is 2.80 bits per heavy atom. The molecule has 0 bridgehead atoms. The number of hydrogen-bond donors (Lipinski definition) is 2. The molecule has 0 saturated carbocycles. The molecular formula is C10H18N4S. The molecule has 1 heterocycles. The van der Waals surface area contributed by atoms with E-state index in [1.165, 1.54) is 5.56 Å². The zero-order chi connectivity index (χ0) is 11.1. The molecule has 0 radical (unpaired) electrons. The van der Waals surface area contributed by atoms with Crippen LogP contribution in [-0.2, 0) is 5.75 Å². The number of hydrogen-bond acceptors (Lipinski definition) is 5. The predicted octanol–water partition coefficient (Wildman–Crippen LogP) is 1.16. The number of pyridine rings is 1. The van der Waals surface area contributed by atoms with E-state index in [-0.39, 0.29) is 0 Å². The van der Waals surface area contributed by atoms with Gasteiger partial charge >= 0.3 is 0 Å². The Kier molecular flexibility index (Phi) is 5.45. The molecule has 84 valence electrons. The molecule has 0 saturated heterocycles. The quantitative estimate of drug-likeness (QED) is 0.433. The lowest BCUT2D eigenvalue weighted by molar-refractivity contribution is 0.437. The minimum absolute atomic E-state index is 0.706. The third kappa shape index (κ3) is 5.01. The van der Waals surface area contributed by atoms with E-state index in [1.54, 1.807) is 0 Å². The minimum Gasteiger partial charge on any atom is -0.309 e. The lowest BCUT2D eigenvalue weighted by atomic mass is 10.3. The molecule has 0 aliphatic carbocycles. The van der Waals surface area contributed by atoms with Gasteiger partial charge in [0.2, 0.25) is 0 Å². The first-order valence-electron chi connectivity index (χ1n) is 4.86. The minimum atomic E-state index is 0.706. The van der Waals surface area contributed by atoms with Gasteiger partial charge in [-0.1, -0.05) is 6.07 Å². The number of thioether (sulfide) groups is 1. The summed E-state index contributed by atoms with van der Waals surface area (Å²) in [4.78, 5) is 6.34. The number of nitrogens with two attached hydrogens (primary N) is 1. The van der Waals surface area contributed by atoms with E-state index >= 15 is 0 Å². The molecule has 5 heteroatoms. The normalized spacial score (nSPS) is 10.7. The van der Waals surface area contributed by atoms with Gasteiger partial charge < -0.3 is 10.3 Å². The standard InChI is InChI=1S/C10H18N4S/c1-14(2)5-6-15-8-9-3-4-10(13-11)12-7-9/h3-4,7H,5-6,8,11H2,1-2H3,(H,12,13). The van der Waals surface area contributed by atoms with Crippen LogP contribution in [0.5, 0.6) is 0 Å². The first kappa shape index (κ1) is 12.3. The molecular weight excluding hydrogens is 208 g/mol. The van der Waals surface area contributed by atoms with Crippen molar-refractivity contribution in [3.63, 3.8) is 0 Å². The van der Waals surface area contributed by atoms with Crippen LogP contribution in [0.2, 0.25) is 0 Å². The van der Waals surface area contributed by atoms with Crippen LogP contribution < -0.4 is 11.3 Å². The molecule has 3 N–H and O–H groups in total. The Balaban J connectivity index is 2.25. The fraction of sp³-hybridized carbons (Fsp3) is 0.500. The maximum atomic E-state index is 5.23. The highest BCUT2D eigenvalue weighted by atomic mass is 32.2. The zero-order valence-corrected chi connectivity index (χ0v) is 10.0. The Labute approximate surface area is 95.2 Å². The van der Waals surface area contributed by atoms with Crippen molar-refractivity contribution in [1.82, 2.24) is 9.88 Å². The van der Waals surface area contributed by atoms with Gasteiger partial charge in [0.1, 0.15) is 5.82 Å². The molecule has 1 aromatic heterocycles. The molecule has 0 aliphatic heterocycles. The maximum Gasteiger partial charge on any atom is 0.139 e. The summed E-state index contributed by atoms with van der Waals surface area (Å²) in [5.41, 5.74) is 3.75. The third-order valence-electron chi connectivity index (χ3n) is 1.92. The van der Waals surface area contributed by atoms with Gasteiger partial charge in [0, 0.05) is 24.2 Å². The Bertz CT molecular complexity index is 273. The van der Waals surface area contributed by atoms with E-state index in [9.17, 15) is 0 Å². The van der Waals surface area contributed by atoms with Crippen LogP contribution in [0.15, 0.2) is 18.3 Å². The second-order valence-corrected chi connectivity index (χ2v) is 4.66. The van der Waals surface area contributed by atoms with Gasteiger partial charge in [-0.2, -0.15) is 11.8 Å². The Morgan fingerprint density at radius 2 is 2.27 bits per heavy atom. The zero-order valence-electron chi connectivity index (χ0n) is 9.23. The van der Waals surface area contributed by atoms with E-state index in [0.717, 1.165) is 18.1 Å². The monoisotopic (exact) mass is 226 g/mol. The van der Waals surface area contributed by atoms with Crippen LogP contribution in [-0.4, -0.2) is 36.3 Å². The van der Waals surface area contributed by atoms with Crippen molar-refractivity contribution in [3.05, 3.63) is 23.9 Å². The van der Waals surface area contributed by atoms with Gasteiger partial charge in [0.15, 0.2) is 0 Å². The number of nitrogens with one attached hydrogen (secondary N) is 1. The van der Waals surface area contributed by atoms with Crippen molar-refractivity contribution in [1.29, 1.82) is 0 Å². The first-order valence-corrected chi connectivity index (χ1v) is 6.02. The van der Waals surface area contributed by atoms with E-state index in [4.69, 9.17) is 5.84 Å². The summed E-state index contributed by atoms with van der Waals surface area (Å²) in [6, 6.07) is 3.94. The van der Waals surface area contributed by atoms with E-state index in [0.29, 0.717) is 5.82 Å². The molecule has 1 aromatic rings. The van der Waals surface area contributed by atoms with Gasteiger partial charge in [0.25, 0.3) is 0 Å². The predicted molar refractivity (Wildman–Crippen MR) is 66.8 cm³/mol. The van der Waals surface area contributed by atoms with Crippen LogP contribution in [0.25, 0.3) is 0 Å². The fourth-order valence-corrected chi connectivity index (χ4v) is 2.08. The van der Waals surface area contributed by atoms with E-state index in [2.05, 4.69) is 29.4 Å². The molecule has 0 aliphatic rings. The molecule has 0 unspecified atom stereocenters. The van der Waals surface area contributed by atoms with Gasteiger partial charge in [-0.05, 0) is 25.7 Å². The van der Waals surface area contributed by atoms with Gasteiger partial charge in [-0.3, -0.25) is 0 Å². The summed E-state index contributed by atoms with van der Waals surface area (Å²) in [6.45, 7) is 1.11. The number of anilines is 1. The summed E-state index contributed by atoms with van der Waals surface area (Å²) in [5, 5.41) is 0. The molecule has 0 atom stereocenters. The van der Waals surface area contributed by atoms with Crippen LogP contribution in [0.4, 0.5) is 5.82 Å². The largest absolute Gasteiger partial charge is 0.309 e. The van der Waals surface area contributed by atoms with Crippen molar-refractivity contribution < 1.29 is 0 Å². The fourth-order valence-electron chi connectivity index (χ4n) is 1.03. The molecule has 4 nitrogen and oxygen atoms in total. The summed E-state index contributed by atoms with van der Waals surface area (Å²) >= 11 is 1.91. The van der Waals surface area contributed by atoms with Crippen molar-refractivity contribution in [2.45, 2.75) is 5.75 Å². The number of rotatable bonds is 6. The molecule has 0 spiro atoms. The van der Waals surface area contributed by atoms with Crippen LogP contribution in [0.1, 0.15) is 5.56 Å².